The van der Waals surface area contributed by atoms with Gasteiger partial charge in [0, 0.05) is 17.8 Å². The van der Waals surface area contributed by atoms with Crippen molar-refractivity contribution in [3.63, 3.8) is 0 Å². The Morgan fingerprint density at radius 2 is 1.62 bits per heavy atom. The fourth-order valence-corrected chi connectivity index (χ4v) is 7.77. The lowest BCUT2D eigenvalue weighted by Crippen LogP contribution is -2.64. The molecule has 0 heterocycles. The fourth-order valence-electron chi connectivity index (χ4n) is 6.53. The minimum absolute atomic E-state index is 0.227. The summed E-state index contributed by atoms with van der Waals surface area (Å²) >= 11 is 0. The van der Waals surface area contributed by atoms with Gasteiger partial charge in [-0.05, 0) is 61.7 Å². The summed E-state index contributed by atoms with van der Waals surface area (Å²) in [7, 11) is -2.86. The normalized spacial score (nSPS) is 45.2. The van der Waals surface area contributed by atoms with Gasteiger partial charge in [0.2, 0.25) is 0 Å². The van der Waals surface area contributed by atoms with E-state index >= 15 is 0 Å². The zero-order valence-electron chi connectivity index (χ0n) is 13.9. The van der Waals surface area contributed by atoms with E-state index in [1.807, 2.05) is 6.92 Å². The monoisotopic (exact) mass is 313 g/mol. The molecule has 3 nitrogen and oxygen atoms in total. The van der Waals surface area contributed by atoms with Crippen LogP contribution < -0.4 is 5.32 Å². The zero-order chi connectivity index (χ0) is 15.4. The maximum atomic E-state index is 11.9. The molecule has 4 rings (SSSR count). The Morgan fingerprint density at radius 3 is 2.14 bits per heavy atom. The first-order valence-electron chi connectivity index (χ1n) is 8.63. The predicted octanol–water partition coefficient (Wildman–Crippen LogP) is 3.15. The number of nitrogens with one attached hydrogen (secondary N) is 1. The van der Waals surface area contributed by atoms with Crippen molar-refractivity contribution in [3.8, 4) is 0 Å². The number of hydrogen-bond acceptors (Lipinski definition) is 3. The molecule has 0 aromatic carbocycles. The molecule has 2 atom stereocenters. The van der Waals surface area contributed by atoms with Crippen LogP contribution in [0.2, 0.25) is 0 Å². The van der Waals surface area contributed by atoms with Gasteiger partial charge in [0.1, 0.15) is 0 Å². The second-order valence-corrected chi connectivity index (χ2v) is 11.3. The Labute approximate surface area is 130 Å². The van der Waals surface area contributed by atoms with Gasteiger partial charge in [0.05, 0.1) is 5.75 Å². The van der Waals surface area contributed by atoms with Crippen LogP contribution in [0.15, 0.2) is 0 Å². The molecule has 0 saturated heterocycles. The molecule has 122 valence electrons. The SMILES string of the molecule is CCCS(=O)(=O)CCNC12CC3CC(C)(CC(C)(C3)C1)C2. The van der Waals surface area contributed by atoms with E-state index in [0.29, 0.717) is 28.9 Å². The second-order valence-electron chi connectivity index (χ2n) is 8.99. The topological polar surface area (TPSA) is 46.2 Å². The maximum absolute atomic E-state index is 11.9. The van der Waals surface area contributed by atoms with Gasteiger partial charge in [0.15, 0.2) is 9.84 Å². The van der Waals surface area contributed by atoms with Crippen LogP contribution in [0.3, 0.4) is 0 Å². The first-order chi connectivity index (χ1) is 9.67. The fraction of sp³-hybridized carbons (Fsp3) is 1.00. The van der Waals surface area contributed by atoms with Crippen molar-refractivity contribution in [3.05, 3.63) is 0 Å². The molecule has 21 heavy (non-hydrogen) atoms. The smallest absolute Gasteiger partial charge is 0.151 e. The minimum Gasteiger partial charge on any atom is -0.310 e. The summed E-state index contributed by atoms with van der Waals surface area (Å²) in [4.78, 5) is 0. The van der Waals surface area contributed by atoms with E-state index in [-0.39, 0.29) is 5.54 Å². The molecule has 2 unspecified atom stereocenters. The highest BCUT2D eigenvalue weighted by atomic mass is 32.2. The van der Waals surface area contributed by atoms with E-state index in [9.17, 15) is 8.42 Å². The third kappa shape index (κ3) is 3.17. The Morgan fingerprint density at radius 1 is 1.00 bits per heavy atom. The van der Waals surface area contributed by atoms with E-state index in [0.717, 1.165) is 12.3 Å². The molecule has 4 aliphatic carbocycles. The first kappa shape index (κ1) is 15.8. The van der Waals surface area contributed by atoms with E-state index in [1.165, 1.54) is 38.5 Å². The van der Waals surface area contributed by atoms with Crippen molar-refractivity contribution in [2.75, 3.05) is 18.1 Å². The third-order valence-corrected chi connectivity index (χ3v) is 7.91. The number of hydrogen-bond donors (Lipinski definition) is 1. The summed E-state index contributed by atoms with van der Waals surface area (Å²) in [5, 5.41) is 3.71. The van der Waals surface area contributed by atoms with Gasteiger partial charge >= 0.3 is 0 Å². The second kappa shape index (κ2) is 4.95. The summed E-state index contributed by atoms with van der Waals surface area (Å²) in [5.41, 5.74) is 1.21. The highest BCUT2D eigenvalue weighted by Crippen LogP contribution is 2.66. The Bertz CT molecular complexity index is 495. The molecule has 0 aromatic rings. The molecule has 0 spiro atoms. The molecule has 0 aromatic heterocycles. The molecular weight excluding hydrogens is 282 g/mol. The van der Waals surface area contributed by atoms with Gasteiger partial charge in [-0.1, -0.05) is 20.8 Å². The van der Waals surface area contributed by atoms with E-state index in [4.69, 9.17) is 0 Å². The molecule has 0 aliphatic heterocycles. The Balaban J connectivity index is 1.66. The van der Waals surface area contributed by atoms with Crippen molar-refractivity contribution >= 4 is 9.84 Å². The van der Waals surface area contributed by atoms with Gasteiger partial charge in [-0.15, -0.1) is 0 Å². The van der Waals surface area contributed by atoms with E-state index in [1.54, 1.807) is 0 Å². The lowest BCUT2D eigenvalue weighted by Gasteiger charge is -2.65. The van der Waals surface area contributed by atoms with Gasteiger partial charge in [-0.2, -0.15) is 0 Å². The highest BCUT2D eigenvalue weighted by molar-refractivity contribution is 7.91. The van der Waals surface area contributed by atoms with Crippen molar-refractivity contribution < 1.29 is 8.42 Å². The van der Waals surface area contributed by atoms with Gasteiger partial charge in [0.25, 0.3) is 0 Å². The molecule has 0 radical (unpaired) electrons. The van der Waals surface area contributed by atoms with E-state index in [2.05, 4.69) is 19.2 Å². The largest absolute Gasteiger partial charge is 0.310 e. The van der Waals surface area contributed by atoms with Crippen LogP contribution in [0.25, 0.3) is 0 Å². The Kier molecular flexibility index (Phi) is 3.73. The molecule has 4 bridgehead atoms. The zero-order valence-corrected chi connectivity index (χ0v) is 14.7. The highest BCUT2D eigenvalue weighted by Gasteiger charge is 2.59. The number of sulfone groups is 1. The van der Waals surface area contributed by atoms with Crippen LogP contribution in [-0.2, 0) is 9.84 Å². The molecule has 0 amide bonds. The van der Waals surface area contributed by atoms with Crippen molar-refractivity contribution in [2.24, 2.45) is 16.7 Å². The van der Waals surface area contributed by atoms with Gasteiger partial charge in [-0.3, -0.25) is 0 Å². The standard InChI is InChI=1S/C17H31NO2S/c1-4-6-21(19,20)7-5-18-17-10-14-8-15(2,12-17)11-16(3,9-14)13-17/h14,18H,4-13H2,1-3H3. The van der Waals surface area contributed by atoms with Gasteiger partial charge in [-0.25, -0.2) is 8.42 Å². The molecule has 4 fully saturated rings. The third-order valence-electron chi connectivity index (χ3n) is 6.05. The van der Waals surface area contributed by atoms with Crippen LogP contribution in [-0.4, -0.2) is 32.0 Å². The van der Waals surface area contributed by atoms with E-state index < -0.39 is 9.84 Å². The molecular formula is C17H31NO2S. The van der Waals surface area contributed by atoms with Crippen LogP contribution in [0, 0.1) is 16.7 Å². The minimum atomic E-state index is -2.86. The molecule has 4 aliphatic rings. The van der Waals surface area contributed by atoms with Gasteiger partial charge < -0.3 is 5.32 Å². The lowest BCUT2D eigenvalue weighted by atomic mass is 9.43. The molecule has 4 saturated carbocycles. The van der Waals surface area contributed by atoms with Crippen LogP contribution in [0.4, 0.5) is 0 Å². The Hall–Kier alpha value is -0.0900. The molecule has 4 heteroatoms. The average molecular weight is 314 g/mol. The predicted molar refractivity (Wildman–Crippen MR) is 87.1 cm³/mol. The summed E-state index contributed by atoms with van der Waals surface area (Å²) in [6, 6.07) is 0. The first-order valence-corrected chi connectivity index (χ1v) is 10.4. The summed E-state index contributed by atoms with van der Waals surface area (Å²) in [5.74, 6) is 1.50. The quantitative estimate of drug-likeness (QED) is 0.819. The van der Waals surface area contributed by atoms with Crippen LogP contribution in [0.1, 0.15) is 65.7 Å². The maximum Gasteiger partial charge on any atom is 0.151 e. The van der Waals surface area contributed by atoms with Crippen LogP contribution in [0.5, 0.6) is 0 Å². The average Bonchev–Trinajstić information content (AvgIpc) is 2.22. The summed E-state index contributed by atoms with van der Waals surface area (Å²) < 4.78 is 23.8. The molecule has 1 N–H and O–H groups in total. The summed E-state index contributed by atoms with van der Waals surface area (Å²) in [6.45, 7) is 7.49. The summed E-state index contributed by atoms with van der Waals surface area (Å²) in [6.07, 6.45) is 8.64. The van der Waals surface area contributed by atoms with Crippen molar-refractivity contribution in [1.29, 1.82) is 0 Å². The van der Waals surface area contributed by atoms with Crippen LogP contribution >= 0.6 is 0 Å². The lowest BCUT2D eigenvalue weighted by molar-refractivity contribution is -0.117. The van der Waals surface area contributed by atoms with Crippen molar-refractivity contribution in [1.82, 2.24) is 5.32 Å². The van der Waals surface area contributed by atoms with Crippen molar-refractivity contribution in [2.45, 2.75) is 71.3 Å². The number of rotatable bonds is 6.